The number of likely N-dealkylation sites (N-methyl/N-ethyl adjacent to an activating group) is 1. The largest absolute Gasteiger partial charge is 0.464 e. The molecule has 0 radical (unpaired) electrons. The molecule has 0 fully saturated rings. The Kier molecular flexibility index (Phi) is 6.24. The van der Waals surface area contributed by atoms with Crippen LogP contribution >= 0.6 is 11.3 Å². The minimum absolute atomic E-state index is 0.375. The fourth-order valence-corrected chi connectivity index (χ4v) is 2.47. The van der Waals surface area contributed by atoms with Crippen molar-refractivity contribution in [2.45, 2.75) is 13.8 Å². The molecule has 0 unspecified atom stereocenters. The molecule has 1 aromatic rings. The smallest absolute Gasteiger partial charge is 0.357 e. The van der Waals surface area contributed by atoms with Crippen molar-refractivity contribution in [2.75, 3.05) is 45.7 Å². The lowest BCUT2D eigenvalue weighted by Crippen LogP contribution is -2.34. The molecule has 0 amide bonds. The van der Waals surface area contributed by atoms with Crippen LogP contribution in [0.4, 0.5) is 5.13 Å². The molecule has 0 bridgehead atoms. The van der Waals surface area contributed by atoms with Crippen LogP contribution in [-0.2, 0) is 4.74 Å². The number of rotatable bonds is 7. The van der Waals surface area contributed by atoms with Crippen molar-refractivity contribution in [1.82, 2.24) is 9.88 Å². The average Bonchev–Trinajstić information content (AvgIpc) is 2.82. The summed E-state index contributed by atoms with van der Waals surface area (Å²) in [4.78, 5) is 20.2. The molecule has 0 aromatic carbocycles. The number of carbonyl (C=O) groups excluding carboxylic acids is 1. The van der Waals surface area contributed by atoms with E-state index < -0.39 is 0 Å². The Morgan fingerprint density at radius 1 is 1.42 bits per heavy atom. The highest BCUT2D eigenvalue weighted by atomic mass is 32.1. The molecule has 5 nitrogen and oxygen atoms in total. The Bertz CT molecular complexity index is 404. The molecule has 0 saturated carbocycles. The Hall–Kier alpha value is -1.14. The zero-order valence-corrected chi connectivity index (χ0v) is 13.2. The number of nitrogens with zero attached hydrogens (tertiary/aromatic N) is 3. The molecule has 1 heterocycles. The number of hydrogen-bond donors (Lipinski definition) is 0. The van der Waals surface area contributed by atoms with Crippen molar-refractivity contribution in [3.05, 3.63) is 11.1 Å². The summed E-state index contributed by atoms with van der Waals surface area (Å²) in [6, 6.07) is 0. The van der Waals surface area contributed by atoms with Gasteiger partial charge in [0.1, 0.15) is 0 Å². The Labute approximate surface area is 119 Å². The molecular weight excluding hydrogens is 262 g/mol. The molecular formula is C13H23N3O2S. The van der Waals surface area contributed by atoms with Gasteiger partial charge in [-0.25, -0.2) is 9.78 Å². The standard InChI is InChI=1S/C13H23N3O2S/c1-10(2)8-16(7-6-15(3)4)13-14-11(9-19-13)12(17)18-5/h9-10H,6-8H2,1-5H3. The van der Waals surface area contributed by atoms with Gasteiger partial charge in [-0.2, -0.15) is 0 Å². The second-order valence-corrected chi connectivity index (χ2v) is 5.99. The van der Waals surface area contributed by atoms with Crippen LogP contribution in [0.2, 0.25) is 0 Å². The van der Waals surface area contributed by atoms with E-state index in [9.17, 15) is 4.79 Å². The predicted molar refractivity (Wildman–Crippen MR) is 79.1 cm³/mol. The maximum absolute atomic E-state index is 11.4. The second kappa shape index (κ2) is 7.45. The van der Waals surface area contributed by atoms with Crippen molar-refractivity contribution in [3.8, 4) is 0 Å². The Morgan fingerprint density at radius 3 is 2.63 bits per heavy atom. The third-order valence-corrected chi connectivity index (χ3v) is 3.46. The first-order chi connectivity index (χ1) is 8.93. The van der Waals surface area contributed by atoms with Gasteiger partial charge < -0.3 is 14.5 Å². The zero-order valence-electron chi connectivity index (χ0n) is 12.3. The van der Waals surface area contributed by atoms with E-state index in [2.05, 4.69) is 47.5 Å². The third kappa shape index (κ3) is 5.16. The van der Waals surface area contributed by atoms with E-state index in [-0.39, 0.29) is 5.97 Å². The van der Waals surface area contributed by atoms with Crippen LogP contribution in [0.15, 0.2) is 5.38 Å². The van der Waals surface area contributed by atoms with Crippen LogP contribution in [0.5, 0.6) is 0 Å². The van der Waals surface area contributed by atoms with Crippen LogP contribution in [0, 0.1) is 5.92 Å². The number of anilines is 1. The summed E-state index contributed by atoms with van der Waals surface area (Å²) in [6.45, 7) is 7.15. The molecule has 19 heavy (non-hydrogen) atoms. The topological polar surface area (TPSA) is 45.7 Å². The molecule has 0 aliphatic heterocycles. The van der Waals surface area contributed by atoms with Gasteiger partial charge in [-0.15, -0.1) is 11.3 Å². The van der Waals surface area contributed by atoms with E-state index in [1.54, 1.807) is 5.38 Å². The van der Waals surface area contributed by atoms with Gasteiger partial charge in [-0.05, 0) is 20.0 Å². The van der Waals surface area contributed by atoms with Crippen molar-refractivity contribution in [2.24, 2.45) is 5.92 Å². The molecule has 6 heteroatoms. The highest BCUT2D eigenvalue weighted by Crippen LogP contribution is 2.21. The Morgan fingerprint density at radius 2 is 2.11 bits per heavy atom. The fraction of sp³-hybridized carbons (Fsp3) is 0.692. The number of hydrogen-bond acceptors (Lipinski definition) is 6. The molecule has 0 atom stereocenters. The monoisotopic (exact) mass is 285 g/mol. The number of thiazole rings is 1. The highest BCUT2D eigenvalue weighted by Gasteiger charge is 2.16. The lowest BCUT2D eigenvalue weighted by molar-refractivity contribution is 0.0595. The fourth-order valence-electron chi connectivity index (χ4n) is 1.63. The van der Waals surface area contributed by atoms with Crippen LogP contribution in [0.1, 0.15) is 24.3 Å². The van der Waals surface area contributed by atoms with Crippen LogP contribution in [0.3, 0.4) is 0 Å². The molecule has 0 aliphatic rings. The van der Waals surface area contributed by atoms with Gasteiger partial charge in [-0.1, -0.05) is 13.8 Å². The van der Waals surface area contributed by atoms with Crippen LogP contribution < -0.4 is 4.90 Å². The first-order valence-electron chi connectivity index (χ1n) is 6.37. The summed E-state index contributed by atoms with van der Waals surface area (Å²) < 4.78 is 4.69. The van der Waals surface area contributed by atoms with E-state index in [1.165, 1.54) is 18.4 Å². The van der Waals surface area contributed by atoms with E-state index in [4.69, 9.17) is 0 Å². The lowest BCUT2D eigenvalue weighted by atomic mass is 10.2. The number of aromatic nitrogens is 1. The molecule has 0 spiro atoms. The molecule has 0 N–H and O–H groups in total. The van der Waals surface area contributed by atoms with E-state index >= 15 is 0 Å². The first kappa shape index (κ1) is 15.9. The highest BCUT2D eigenvalue weighted by molar-refractivity contribution is 7.13. The van der Waals surface area contributed by atoms with Gasteiger partial charge in [0.25, 0.3) is 0 Å². The molecule has 0 saturated heterocycles. The van der Waals surface area contributed by atoms with Gasteiger partial charge in [0.2, 0.25) is 0 Å². The number of esters is 1. The van der Waals surface area contributed by atoms with Gasteiger partial charge in [0.15, 0.2) is 10.8 Å². The van der Waals surface area contributed by atoms with Crippen molar-refractivity contribution in [3.63, 3.8) is 0 Å². The van der Waals surface area contributed by atoms with Crippen molar-refractivity contribution in [1.29, 1.82) is 0 Å². The lowest BCUT2D eigenvalue weighted by Gasteiger charge is -2.25. The summed E-state index contributed by atoms with van der Waals surface area (Å²) in [5, 5.41) is 2.64. The summed E-state index contributed by atoms with van der Waals surface area (Å²) in [7, 11) is 5.48. The zero-order chi connectivity index (χ0) is 14.4. The van der Waals surface area contributed by atoms with E-state index in [0.717, 1.165) is 24.8 Å². The molecule has 1 rings (SSSR count). The quantitative estimate of drug-likeness (QED) is 0.717. The van der Waals surface area contributed by atoms with Gasteiger partial charge in [0.05, 0.1) is 7.11 Å². The SMILES string of the molecule is COC(=O)c1csc(N(CCN(C)C)CC(C)C)n1. The summed E-state index contributed by atoms with van der Waals surface area (Å²) in [5.41, 5.74) is 0.390. The van der Waals surface area contributed by atoms with E-state index in [0.29, 0.717) is 11.6 Å². The second-order valence-electron chi connectivity index (χ2n) is 5.15. The van der Waals surface area contributed by atoms with Crippen molar-refractivity contribution >= 4 is 22.4 Å². The summed E-state index contributed by atoms with van der Waals surface area (Å²) in [5.74, 6) is 0.173. The van der Waals surface area contributed by atoms with Crippen molar-refractivity contribution < 1.29 is 9.53 Å². The maximum Gasteiger partial charge on any atom is 0.357 e. The minimum Gasteiger partial charge on any atom is -0.464 e. The van der Waals surface area contributed by atoms with E-state index in [1.807, 2.05) is 0 Å². The number of ether oxygens (including phenoxy) is 1. The third-order valence-electron chi connectivity index (χ3n) is 2.56. The summed E-state index contributed by atoms with van der Waals surface area (Å²) >= 11 is 1.49. The first-order valence-corrected chi connectivity index (χ1v) is 7.25. The van der Waals surface area contributed by atoms with Crippen LogP contribution in [0.25, 0.3) is 0 Å². The van der Waals surface area contributed by atoms with Gasteiger partial charge in [-0.3, -0.25) is 0 Å². The maximum atomic E-state index is 11.4. The van der Waals surface area contributed by atoms with Gasteiger partial charge >= 0.3 is 5.97 Å². The average molecular weight is 285 g/mol. The predicted octanol–water partition coefficient (Wildman–Crippen LogP) is 1.95. The molecule has 1 aromatic heterocycles. The number of carbonyl (C=O) groups is 1. The minimum atomic E-state index is -0.375. The van der Waals surface area contributed by atoms with Crippen LogP contribution in [-0.4, -0.2) is 56.7 Å². The van der Waals surface area contributed by atoms with Gasteiger partial charge in [0, 0.05) is 25.0 Å². The molecule has 108 valence electrons. The number of methoxy groups -OCH3 is 1. The molecule has 0 aliphatic carbocycles. The Balaban J connectivity index is 2.78. The normalized spacial score (nSPS) is 11.1. The summed E-state index contributed by atoms with van der Waals surface area (Å²) in [6.07, 6.45) is 0.